The number of benzene rings is 2. The molecule has 2 atom stereocenters. The average molecular weight is 625 g/mol. The maximum atomic E-state index is 16.0. The quantitative estimate of drug-likeness (QED) is 0.248. The number of amides is 1. The van der Waals surface area contributed by atoms with E-state index in [1.807, 2.05) is 25.7 Å². The summed E-state index contributed by atoms with van der Waals surface area (Å²) in [5, 5.41) is 12.0. The Morgan fingerprint density at radius 1 is 0.935 bits per heavy atom. The van der Waals surface area contributed by atoms with Crippen LogP contribution in [0.25, 0.3) is 50.2 Å². The Kier molecular flexibility index (Phi) is 6.11. The molecule has 8 rings (SSSR count). The van der Waals surface area contributed by atoms with E-state index in [9.17, 15) is 9.18 Å². The second-order valence-corrected chi connectivity index (χ2v) is 12.5. The van der Waals surface area contributed by atoms with E-state index >= 15 is 8.78 Å². The van der Waals surface area contributed by atoms with E-state index in [4.69, 9.17) is 9.84 Å². The van der Waals surface area contributed by atoms with E-state index in [1.165, 1.54) is 41.2 Å². The number of carbonyl (C=O) groups is 1. The first-order valence-electron chi connectivity index (χ1n) is 14.7. The number of rotatable bonds is 4. The number of pyridine rings is 1. The number of H-pyrrole nitrogens is 1. The maximum absolute atomic E-state index is 16.0. The molecule has 1 N–H and O–H groups in total. The van der Waals surface area contributed by atoms with Crippen LogP contribution in [0, 0.1) is 17.5 Å². The molecule has 0 saturated carbocycles. The molecule has 0 spiro atoms. The van der Waals surface area contributed by atoms with Gasteiger partial charge < -0.3 is 9.64 Å². The summed E-state index contributed by atoms with van der Waals surface area (Å²) in [5.74, 6) is -2.00. The van der Waals surface area contributed by atoms with Crippen LogP contribution in [0.3, 0.4) is 0 Å². The Morgan fingerprint density at radius 3 is 2.39 bits per heavy atom. The van der Waals surface area contributed by atoms with Gasteiger partial charge in [-0.25, -0.2) is 27.5 Å². The molecule has 13 heteroatoms. The van der Waals surface area contributed by atoms with Gasteiger partial charge in [0.15, 0.2) is 5.65 Å². The zero-order valence-electron chi connectivity index (χ0n) is 25.0. The molecule has 6 heterocycles. The van der Waals surface area contributed by atoms with Crippen LogP contribution in [0.1, 0.15) is 20.8 Å². The summed E-state index contributed by atoms with van der Waals surface area (Å²) in [6, 6.07) is 10.5. The Hall–Kier alpha value is -5.46. The highest BCUT2D eigenvalue weighted by Crippen LogP contribution is 2.42. The van der Waals surface area contributed by atoms with Gasteiger partial charge in [-0.3, -0.25) is 15.0 Å². The molecule has 10 nitrogen and oxygen atoms in total. The summed E-state index contributed by atoms with van der Waals surface area (Å²) in [6.07, 6.45) is 5.83. The summed E-state index contributed by atoms with van der Waals surface area (Å²) in [7, 11) is 0. The Bertz CT molecular complexity index is 2150. The number of carbonyl (C=O) groups excluding carboxylic acids is 1. The lowest BCUT2D eigenvalue weighted by Crippen LogP contribution is -2.80. The minimum Gasteiger partial charge on any atom is -0.444 e. The molecule has 2 aliphatic rings. The SMILES string of the molecule is CC(C)(C)OC(=O)N1CC2C1CN2c1cc(F)c(-c2ccnc3c(-c4ccc(F)c5[nH]ncc45)c(-c4ccncc4)nn23)c(F)c1. The number of fused-ring (bicyclic) bond motifs is 3. The highest BCUT2D eigenvalue weighted by atomic mass is 19.1. The van der Waals surface area contributed by atoms with Gasteiger partial charge >= 0.3 is 6.09 Å². The van der Waals surface area contributed by atoms with Crippen LogP contribution < -0.4 is 4.90 Å². The van der Waals surface area contributed by atoms with Crippen molar-refractivity contribution in [1.29, 1.82) is 0 Å². The summed E-state index contributed by atoms with van der Waals surface area (Å²) in [5.41, 5.74) is 2.52. The standard InChI is InChI=1S/C33H27F3N8O2/c1-33(2,3)46-32(45)43-16-25-26(43)15-42(25)18-12-22(35)28(23(36)13-18)24-8-11-38-31-27(19-4-5-21(34)30-20(19)14-39-40-30)29(41-44(24)31)17-6-9-37-10-7-17/h4-14,25-26H,15-16H2,1-3H3,(H,39,40). The zero-order chi connectivity index (χ0) is 31.9. The second kappa shape index (κ2) is 10.0. The number of aromatic nitrogens is 6. The molecular weight excluding hydrogens is 597 g/mol. The number of piperazine rings is 1. The lowest BCUT2D eigenvalue weighted by Gasteiger charge is -2.62. The minimum absolute atomic E-state index is 0.0446. The van der Waals surface area contributed by atoms with Crippen molar-refractivity contribution in [2.75, 3.05) is 18.0 Å². The number of hydrogen-bond acceptors (Lipinski definition) is 7. The van der Waals surface area contributed by atoms with Crippen molar-refractivity contribution in [3.8, 4) is 33.6 Å². The molecule has 46 heavy (non-hydrogen) atoms. The summed E-state index contributed by atoms with van der Waals surface area (Å²) in [4.78, 5) is 24.7. The highest BCUT2D eigenvalue weighted by Gasteiger charge is 2.54. The van der Waals surface area contributed by atoms with Crippen LogP contribution in [-0.2, 0) is 4.74 Å². The van der Waals surface area contributed by atoms with E-state index in [0.29, 0.717) is 52.2 Å². The number of nitrogens with zero attached hydrogens (tertiary/aromatic N) is 7. The third-order valence-corrected chi connectivity index (χ3v) is 8.56. The van der Waals surface area contributed by atoms with Crippen molar-refractivity contribution < 1.29 is 22.7 Å². The molecule has 0 radical (unpaired) electrons. The summed E-state index contributed by atoms with van der Waals surface area (Å²) >= 11 is 0. The fourth-order valence-corrected chi connectivity index (χ4v) is 6.37. The van der Waals surface area contributed by atoms with Crippen molar-refractivity contribution in [1.82, 2.24) is 34.7 Å². The summed E-state index contributed by atoms with van der Waals surface area (Å²) < 4.78 is 53.4. The minimum atomic E-state index is -0.768. The Balaban J connectivity index is 1.19. The van der Waals surface area contributed by atoms with Crippen LogP contribution in [-0.4, -0.2) is 71.5 Å². The monoisotopic (exact) mass is 624 g/mol. The van der Waals surface area contributed by atoms with Crippen molar-refractivity contribution in [2.24, 2.45) is 0 Å². The van der Waals surface area contributed by atoms with Crippen molar-refractivity contribution in [3.05, 3.63) is 84.7 Å². The molecule has 2 saturated heterocycles. The molecule has 4 aromatic heterocycles. The number of likely N-dealkylation sites (tertiary alicyclic amines) is 1. The first-order chi connectivity index (χ1) is 22.1. The lowest BCUT2D eigenvalue weighted by molar-refractivity contribution is -0.0310. The highest BCUT2D eigenvalue weighted by molar-refractivity contribution is 6.03. The molecule has 232 valence electrons. The lowest BCUT2D eigenvalue weighted by atomic mass is 9.85. The number of ether oxygens (including phenoxy) is 1. The number of aromatic amines is 1. The predicted octanol–water partition coefficient (Wildman–Crippen LogP) is 6.23. The molecule has 2 aromatic carbocycles. The fraction of sp³-hybridized carbons (Fsp3) is 0.242. The Morgan fingerprint density at radius 2 is 1.70 bits per heavy atom. The molecule has 0 aliphatic carbocycles. The van der Waals surface area contributed by atoms with Crippen LogP contribution in [0.2, 0.25) is 0 Å². The van der Waals surface area contributed by atoms with Gasteiger partial charge in [0.1, 0.15) is 34.3 Å². The maximum Gasteiger partial charge on any atom is 0.410 e. The predicted molar refractivity (Wildman–Crippen MR) is 164 cm³/mol. The van der Waals surface area contributed by atoms with Gasteiger partial charge in [0, 0.05) is 48.3 Å². The van der Waals surface area contributed by atoms with Crippen LogP contribution in [0.5, 0.6) is 0 Å². The second-order valence-electron chi connectivity index (χ2n) is 12.5. The van der Waals surface area contributed by atoms with Gasteiger partial charge in [-0.05, 0) is 62.7 Å². The third-order valence-electron chi connectivity index (χ3n) is 8.56. The van der Waals surface area contributed by atoms with Gasteiger partial charge in [0.05, 0.1) is 35.1 Å². The number of nitrogens with one attached hydrogen (secondary N) is 1. The van der Waals surface area contributed by atoms with Crippen LogP contribution in [0.4, 0.5) is 23.7 Å². The van der Waals surface area contributed by atoms with E-state index in [0.717, 1.165) is 0 Å². The van der Waals surface area contributed by atoms with Gasteiger partial charge in [-0.15, -0.1) is 0 Å². The number of hydrogen-bond donors (Lipinski definition) is 1. The topological polar surface area (TPSA) is 105 Å². The third kappa shape index (κ3) is 4.29. The fourth-order valence-electron chi connectivity index (χ4n) is 6.37. The molecule has 1 amide bonds. The summed E-state index contributed by atoms with van der Waals surface area (Å²) in [6.45, 7) is 6.29. The normalized spacial score (nSPS) is 17.6. The van der Waals surface area contributed by atoms with Crippen LogP contribution in [0.15, 0.2) is 67.3 Å². The average Bonchev–Trinajstić information content (AvgIpc) is 3.65. The van der Waals surface area contributed by atoms with Crippen molar-refractivity contribution in [3.63, 3.8) is 0 Å². The zero-order valence-corrected chi connectivity index (χ0v) is 25.0. The van der Waals surface area contributed by atoms with Crippen molar-refractivity contribution in [2.45, 2.75) is 38.5 Å². The van der Waals surface area contributed by atoms with Gasteiger partial charge in [-0.2, -0.15) is 10.2 Å². The van der Waals surface area contributed by atoms with Crippen molar-refractivity contribution >= 4 is 28.3 Å². The molecule has 2 unspecified atom stereocenters. The van der Waals surface area contributed by atoms with E-state index in [2.05, 4.69) is 20.2 Å². The van der Waals surface area contributed by atoms with Crippen LogP contribution >= 0.6 is 0 Å². The smallest absolute Gasteiger partial charge is 0.410 e. The molecule has 2 fully saturated rings. The first-order valence-corrected chi connectivity index (χ1v) is 14.7. The largest absolute Gasteiger partial charge is 0.444 e. The molecule has 6 aromatic rings. The number of halogens is 3. The Labute approximate surface area is 260 Å². The van der Waals surface area contributed by atoms with Gasteiger partial charge in [-0.1, -0.05) is 6.07 Å². The van der Waals surface area contributed by atoms with E-state index in [1.54, 1.807) is 35.5 Å². The molecular formula is C33H27F3N8O2. The van der Waals surface area contributed by atoms with Gasteiger partial charge in [0.2, 0.25) is 0 Å². The molecule has 0 bridgehead atoms. The number of anilines is 1. The van der Waals surface area contributed by atoms with E-state index < -0.39 is 23.1 Å². The molecule has 2 aliphatic heterocycles. The first kappa shape index (κ1) is 28.0. The van der Waals surface area contributed by atoms with Gasteiger partial charge in [0.25, 0.3) is 0 Å². The van der Waals surface area contributed by atoms with E-state index in [-0.39, 0.29) is 35.0 Å².